The van der Waals surface area contributed by atoms with E-state index in [1.807, 2.05) is 19.1 Å². The Bertz CT molecular complexity index is 1040. The van der Waals surface area contributed by atoms with Gasteiger partial charge >= 0.3 is 0 Å². The summed E-state index contributed by atoms with van der Waals surface area (Å²) >= 11 is 1.39. The Morgan fingerprint density at radius 3 is 2.86 bits per heavy atom. The van der Waals surface area contributed by atoms with E-state index < -0.39 is 0 Å². The van der Waals surface area contributed by atoms with Gasteiger partial charge in [-0.2, -0.15) is 0 Å². The fourth-order valence-corrected chi connectivity index (χ4v) is 4.83. The standard InChI is InChI=1S/C21H24N4O3S/c1-12-17-19(23-11-24-21(17)29-18(12)13(2)26)25-16-8-5-9-22-20(16)28-15-7-4-6-14(10-15)27-3/h5,8-9,11,14-15H,4,6-7,10H2,1-3H3,(H,23,24,25)/t14-,15+/m0/s1. The third-order valence-electron chi connectivity index (χ3n) is 5.26. The predicted molar refractivity (Wildman–Crippen MR) is 113 cm³/mol. The van der Waals surface area contributed by atoms with Gasteiger partial charge in [0, 0.05) is 19.7 Å². The first kappa shape index (κ1) is 19.7. The molecule has 1 aliphatic carbocycles. The van der Waals surface area contributed by atoms with E-state index >= 15 is 0 Å². The molecule has 0 saturated heterocycles. The highest BCUT2D eigenvalue weighted by Gasteiger charge is 2.24. The zero-order chi connectivity index (χ0) is 20.4. The lowest BCUT2D eigenvalue weighted by Crippen LogP contribution is -2.29. The molecule has 29 heavy (non-hydrogen) atoms. The highest BCUT2D eigenvalue weighted by atomic mass is 32.1. The topological polar surface area (TPSA) is 86.2 Å². The molecule has 0 unspecified atom stereocenters. The van der Waals surface area contributed by atoms with Crippen molar-refractivity contribution < 1.29 is 14.3 Å². The Morgan fingerprint density at radius 1 is 1.24 bits per heavy atom. The lowest BCUT2D eigenvalue weighted by atomic mass is 9.95. The molecule has 152 valence electrons. The number of thiophene rings is 1. The van der Waals surface area contributed by atoms with Crippen molar-refractivity contribution in [3.8, 4) is 5.88 Å². The van der Waals surface area contributed by atoms with Crippen LogP contribution in [0.1, 0.15) is 47.8 Å². The third kappa shape index (κ3) is 4.09. The van der Waals surface area contributed by atoms with Crippen LogP contribution >= 0.6 is 11.3 Å². The molecule has 2 atom stereocenters. The minimum absolute atomic E-state index is 0.0341. The molecular formula is C21H24N4O3S. The average Bonchev–Trinajstić information content (AvgIpc) is 3.07. The molecule has 8 heteroatoms. The Balaban J connectivity index is 1.63. The largest absolute Gasteiger partial charge is 0.473 e. The number of anilines is 2. The highest BCUT2D eigenvalue weighted by molar-refractivity contribution is 7.20. The van der Waals surface area contributed by atoms with E-state index in [1.165, 1.54) is 17.7 Å². The zero-order valence-electron chi connectivity index (χ0n) is 16.8. The van der Waals surface area contributed by atoms with E-state index in [4.69, 9.17) is 9.47 Å². The molecule has 0 spiro atoms. The van der Waals surface area contributed by atoms with Crippen LogP contribution in [0.5, 0.6) is 5.88 Å². The minimum atomic E-state index is 0.0341. The molecule has 0 bridgehead atoms. The number of nitrogens with one attached hydrogen (secondary N) is 1. The van der Waals surface area contributed by atoms with Crippen molar-refractivity contribution in [2.75, 3.05) is 12.4 Å². The van der Waals surface area contributed by atoms with Gasteiger partial charge in [-0.3, -0.25) is 4.79 Å². The molecule has 0 radical (unpaired) electrons. The first-order valence-corrected chi connectivity index (χ1v) is 10.5. The van der Waals surface area contributed by atoms with Crippen molar-refractivity contribution in [3.63, 3.8) is 0 Å². The minimum Gasteiger partial charge on any atom is -0.473 e. The zero-order valence-corrected chi connectivity index (χ0v) is 17.6. The number of aromatic nitrogens is 3. The summed E-state index contributed by atoms with van der Waals surface area (Å²) in [5.74, 6) is 1.22. The van der Waals surface area contributed by atoms with Crippen LogP contribution < -0.4 is 10.1 Å². The number of ketones is 1. The van der Waals surface area contributed by atoms with Gasteiger partial charge in [0.05, 0.1) is 16.4 Å². The average molecular weight is 413 g/mol. The van der Waals surface area contributed by atoms with Crippen molar-refractivity contribution in [2.24, 2.45) is 0 Å². The van der Waals surface area contributed by atoms with Gasteiger partial charge in [-0.25, -0.2) is 15.0 Å². The van der Waals surface area contributed by atoms with Crippen molar-refractivity contribution in [1.29, 1.82) is 0 Å². The first-order valence-electron chi connectivity index (χ1n) is 9.73. The van der Waals surface area contributed by atoms with Crippen LogP contribution in [-0.2, 0) is 4.74 Å². The van der Waals surface area contributed by atoms with E-state index in [2.05, 4.69) is 20.3 Å². The van der Waals surface area contributed by atoms with E-state index in [-0.39, 0.29) is 18.0 Å². The molecule has 0 amide bonds. The molecule has 1 fully saturated rings. The van der Waals surface area contributed by atoms with Crippen LogP contribution in [0.25, 0.3) is 10.2 Å². The van der Waals surface area contributed by atoms with Crippen LogP contribution in [0.2, 0.25) is 0 Å². The Kier molecular flexibility index (Phi) is 5.73. The summed E-state index contributed by atoms with van der Waals surface area (Å²) in [4.78, 5) is 26.6. The van der Waals surface area contributed by atoms with Crippen LogP contribution in [0.3, 0.4) is 0 Å². The summed E-state index contributed by atoms with van der Waals surface area (Å²) in [6.07, 6.45) is 7.51. The summed E-state index contributed by atoms with van der Waals surface area (Å²) in [6.45, 7) is 3.50. The molecule has 1 aliphatic rings. The molecule has 1 saturated carbocycles. The molecule has 3 aromatic rings. The van der Waals surface area contributed by atoms with Crippen molar-refractivity contribution in [2.45, 2.75) is 51.7 Å². The maximum atomic E-state index is 11.9. The van der Waals surface area contributed by atoms with Crippen molar-refractivity contribution in [3.05, 3.63) is 35.1 Å². The van der Waals surface area contributed by atoms with Gasteiger partial charge in [-0.15, -0.1) is 11.3 Å². The molecule has 3 aromatic heterocycles. The summed E-state index contributed by atoms with van der Waals surface area (Å²) in [7, 11) is 1.75. The molecule has 4 rings (SSSR count). The fourth-order valence-electron chi connectivity index (χ4n) is 3.79. The second-order valence-corrected chi connectivity index (χ2v) is 8.26. The number of rotatable bonds is 6. The summed E-state index contributed by atoms with van der Waals surface area (Å²) < 4.78 is 11.7. The number of fused-ring (bicyclic) bond motifs is 1. The van der Waals surface area contributed by atoms with E-state index in [0.717, 1.165) is 47.2 Å². The van der Waals surface area contributed by atoms with Gasteiger partial charge in [0.2, 0.25) is 5.88 Å². The molecule has 0 aliphatic heterocycles. The van der Waals surface area contributed by atoms with Gasteiger partial charge in [-0.05, 0) is 50.8 Å². The summed E-state index contributed by atoms with van der Waals surface area (Å²) in [5.41, 5.74) is 1.63. The number of hydrogen-bond acceptors (Lipinski definition) is 8. The second-order valence-electron chi connectivity index (χ2n) is 7.26. The fraction of sp³-hybridized carbons (Fsp3) is 0.429. The van der Waals surface area contributed by atoms with E-state index in [9.17, 15) is 4.79 Å². The van der Waals surface area contributed by atoms with Gasteiger partial charge in [0.15, 0.2) is 5.78 Å². The van der Waals surface area contributed by atoms with Crippen LogP contribution in [0, 0.1) is 6.92 Å². The SMILES string of the molecule is CO[C@H]1CCC[C@@H](Oc2ncccc2Nc2ncnc3sc(C(C)=O)c(C)c23)C1. The maximum Gasteiger partial charge on any atom is 0.238 e. The van der Waals surface area contributed by atoms with Crippen molar-refractivity contribution in [1.82, 2.24) is 15.0 Å². The highest BCUT2D eigenvalue weighted by Crippen LogP contribution is 2.36. The Hall–Kier alpha value is -2.58. The molecule has 1 N–H and O–H groups in total. The third-order valence-corrected chi connectivity index (χ3v) is 6.56. The molecular weight excluding hydrogens is 388 g/mol. The normalized spacial score (nSPS) is 19.3. The van der Waals surface area contributed by atoms with Gasteiger partial charge < -0.3 is 14.8 Å². The van der Waals surface area contributed by atoms with E-state index in [0.29, 0.717) is 16.6 Å². The maximum absolute atomic E-state index is 11.9. The summed E-state index contributed by atoms with van der Waals surface area (Å²) in [5, 5.41) is 4.21. The van der Waals surface area contributed by atoms with E-state index in [1.54, 1.807) is 20.2 Å². The number of hydrogen-bond donors (Lipinski definition) is 1. The number of carbonyl (C=O) groups excluding carboxylic acids is 1. The van der Waals surface area contributed by atoms with Crippen LogP contribution in [0.4, 0.5) is 11.5 Å². The molecule has 0 aromatic carbocycles. The second kappa shape index (κ2) is 8.42. The number of aryl methyl sites for hydroxylation is 1. The number of Topliss-reactive ketones (excluding diaryl/α,β-unsaturated/α-hetero) is 1. The van der Waals surface area contributed by atoms with Gasteiger partial charge in [-0.1, -0.05) is 0 Å². The number of ether oxygens (including phenoxy) is 2. The first-order chi connectivity index (χ1) is 14.1. The van der Waals surface area contributed by atoms with Gasteiger partial charge in [0.1, 0.15) is 28.8 Å². The lowest BCUT2D eigenvalue weighted by molar-refractivity contribution is 0.0198. The molecule has 7 nitrogen and oxygen atoms in total. The van der Waals surface area contributed by atoms with Crippen LogP contribution in [-0.4, -0.2) is 40.1 Å². The van der Waals surface area contributed by atoms with Gasteiger partial charge in [0.25, 0.3) is 0 Å². The number of carbonyl (C=O) groups is 1. The molecule has 3 heterocycles. The Labute approximate surface area is 173 Å². The monoisotopic (exact) mass is 412 g/mol. The quantitative estimate of drug-likeness (QED) is 0.588. The lowest BCUT2D eigenvalue weighted by Gasteiger charge is -2.28. The predicted octanol–water partition coefficient (Wildman–Crippen LogP) is 4.68. The van der Waals surface area contributed by atoms with Crippen LogP contribution in [0.15, 0.2) is 24.7 Å². The number of methoxy groups -OCH3 is 1. The summed E-state index contributed by atoms with van der Waals surface area (Å²) in [6, 6.07) is 3.77. The van der Waals surface area contributed by atoms with Crippen molar-refractivity contribution >= 4 is 38.8 Å². The number of pyridine rings is 1. The smallest absolute Gasteiger partial charge is 0.238 e. The Morgan fingerprint density at radius 2 is 2.07 bits per heavy atom. The number of nitrogens with zero attached hydrogens (tertiary/aromatic N) is 3.